The highest BCUT2D eigenvalue weighted by Crippen LogP contribution is 2.45. The minimum absolute atomic E-state index is 0.0412. The fourth-order valence-corrected chi connectivity index (χ4v) is 3.50. The van der Waals surface area contributed by atoms with E-state index in [4.69, 9.17) is 4.42 Å². The molecular weight excluding hydrogens is 449 g/mol. The molecule has 0 amide bonds. The first-order valence-corrected chi connectivity index (χ1v) is 9.43. The smallest absolute Gasteiger partial charge is 0.422 e. The Bertz CT molecular complexity index is 1480. The van der Waals surface area contributed by atoms with Crippen LogP contribution in [0.4, 0.5) is 22.0 Å². The molecule has 0 unspecified atom stereocenters. The van der Waals surface area contributed by atoms with Gasteiger partial charge < -0.3 is 9.52 Å². The van der Waals surface area contributed by atoms with Crippen molar-refractivity contribution in [1.29, 1.82) is 0 Å². The van der Waals surface area contributed by atoms with Crippen LogP contribution in [0.1, 0.15) is 11.3 Å². The molecule has 0 spiro atoms. The molecule has 0 radical (unpaired) electrons. The van der Waals surface area contributed by atoms with Crippen LogP contribution in [0.2, 0.25) is 0 Å². The second-order valence-corrected chi connectivity index (χ2v) is 7.15. The Morgan fingerprint density at radius 2 is 1.82 bits per heavy atom. The summed E-state index contributed by atoms with van der Waals surface area (Å²) in [6, 6.07) is 10.0. The van der Waals surface area contributed by atoms with Crippen LogP contribution in [0, 0.1) is 0 Å². The molecule has 1 N–H and O–H groups in total. The fourth-order valence-electron chi connectivity index (χ4n) is 3.50. The van der Waals surface area contributed by atoms with Crippen LogP contribution in [0.5, 0.6) is 0 Å². The van der Waals surface area contributed by atoms with Crippen LogP contribution in [-0.4, -0.2) is 35.8 Å². The Hall–Kier alpha value is -3.93. The molecule has 12 heteroatoms. The number of rotatable bonds is 4. The van der Waals surface area contributed by atoms with Gasteiger partial charge in [0, 0.05) is 11.6 Å². The molecule has 0 saturated heterocycles. The van der Waals surface area contributed by atoms with Crippen molar-refractivity contribution in [2.45, 2.75) is 18.7 Å². The zero-order chi connectivity index (χ0) is 23.4. The van der Waals surface area contributed by atoms with Gasteiger partial charge in [0.2, 0.25) is 6.39 Å². The number of imidazole rings is 1. The van der Waals surface area contributed by atoms with E-state index in [-0.39, 0.29) is 35.0 Å². The summed E-state index contributed by atoms with van der Waals surface area (Å²) in [5.74, 6) is -5.16. The zero-order valence-electron chi connectivity index (χ0n) is 16.4. The third-order valence-electron chi connectivity index (χ3n) is 5.08. The lowest BCUT2D eigenvalue weighted by Crippen LogP contribution is -2.34. The van der Waals surface area contributed by atoms with Crippen molar-refractivity contribution in [3.8, 4) is 22.7 Å². The van der Waals surface area contributed by atoms with E-state index in [1.165, 1.54) is 22.7 Å². The van der Waals surface area contributed by atoms with E-state index in [0.717, 1.165) is 6.39 Å². The first-order chi connectivity index (χ1) is 15.7. The van der Waals surface area contributed by atoms with E-state index in [1.807, 2.05) is 0 Å². The van der Waals surface area contributed by atoms with Gasteiger partial charge in [0.05, 0.1) is 6.61 Å². The first-order valence-electron chi connectivity index (χ1n) is 9.43. The molecule has 4 aromatic heterocycles. The van der Waals surface area contributed by atoms with Crippen molar-refractivity contribution in [3.05, 3.63) is 66.3 Å². The van der Waals surface area contributed by atoms with Gasteiger partial charge in [-0.3, -0.25) is 4.40 Å². The third kappa shape index (κ3) is 3.39. The highest BCUT2D eigenvalue weighted by Gasteiger charge is 2.60. The molecule has 168 valence electrons. The molecule has 0 atom stereocenters. The van der Waals surface area contributed by atoms with Crippen LogP contribution < -0.4 is 0 Å². The van der Waals surface area contributed by atoms with Crippen molar-refractivity contribution in [1.82, 2.24) is 24.6 Å². The lowest BCUT2D eigenvalue weighted by Gasteiger charge is -2.21. The summed E-state index contributed by atoms with van der Waals surface area (Å²) >= 11 is 0. The lowest BCUT2D eigenvalue weighted by atomic mass is 9.98. The number of alkyl halides is 5. The number of nitrogens with zero attached hydrogens (tertiary/aromatic N) is 5. The number of benzene rings is 1. The number of pyridine rings is 2. The number of hydrogen-bond donors (Lipinski definition) is 1. The Labute approximate surface area is 181 Å². The molecule has 0 saturated carbocycles. The molecule has 7 nitrogen and oxygen atoms in total. The highest BCUT2D eigenvalue weighted by molar-refractivity contribution is 5.94. The molecule has 0 aliphatic carbocycles. The Morgan fingerprint density at radius 1 is 1.00 bits per heavy atom. The maximum Gasteiger partial charge on any atom is 0.459 e. The Morgan fingerprint density at radius 3 is 2.52 bits per heavy atom. The van der Waals surface area contributed by atoms with Crippen molar-refractivity contribution in [2.24, 2.45) is 0 Å². The van der Waals surface area contributed by atoms with E-state index < -0.39 is 17.8 Å². The number of halogens is 5. The predicted octanol–water partition coefficient (Wildman–Crippen LogP) is 4.75. The predicted molar refractivity (Wildman–Crippen MR) is 105 cm³/mol. The second kappa shape index (κ2) is 7.30. The maximum atomic E-state index is 14.4. The molecule has 0 aliphatic heterocycles. The number of aliphatic hydroxyl groups excluding tert-OH is 1. The molecule has 33 heavy (non-hydrogen) atoms. The largest absolute Gasteiger partial charge is 0.459 e. The van der Waals surface area contributed by atoms with Crippen LogP contribution in [0.25, 0.3) is 39.4 Å². The van der Waals surface area contributed by atoms with Gasteiger partial charge >= 0.3 is 12.1 Å². The van der Waals surface area contributed by atoms with Gasteiger partial charge in [0.1, 0.15) is 22.7 Å². The van der Waals surface area contributed by atoms with E-state index in [1.54, 1.807) is 24.3 Å². The standard InChI is InChI=1S/C21H12F5N5O2/c22-20(23,21(24,25)26)16-7-14(12-3-1-2-11(6-12)9-32)13-4-5-17-28-15(19-30-27-10-33-19)8-31(17)18(13)29-16/h1-8,10,32H,9H2. The maximum absolute atomic E-state index is 14.4. The van der Waals surface area contributed by atoms with Gasteiger partial charge in [-0.15, -0.1) is 10.2 Å². The SMILES string of the molecule is OCc1cccc(-c2cc(C(F)(F)C(F)(F)F)nc3c2ccc2nc(-c4nnco4)cn23)c1. The summed E-state index contributed by atoms with van der Waals surface area (Å²) in [6.45, 7) is -0.332. The Balaban J connectivity index is 1.85. The summed E-state index contributed by atoms with van der Waals surface area (Å²) in [5, 5.41) is 17.0. The molecule has 5 aromatic rings. The Kier molecular flexibility index (Phi) is 4.64. The zero-order valence-corrected chi connectivity index (χ0v) is 16.4. The van der Waals surface area contributed by atoms with Gasteiger partial charge in [-0.2, -0.15) is 22.0 Å². The van der Waals surface area contributed by atoms with E-state index >= 15 is 0 Å². The number of aromatic nitrogens is 5. The van der Waals surface area contributed by atoms with Crippen molar-refractivity contribution in [2.75, 3.05) is 0 Å². The van der Waals surface area contributed by atoms with Crippen LogP contribution in [0.3, 0.4) is 0 Å². The van der Waals surface area contributed by atoms with Crippen LogP contribution in [0.15, 0.2) is 59.5 Å². The van der Waals surface area contributed by atoms with Gasteiger partial charge in [0.25, 0.3) is 5.89 Å². The average molecular weight is 461 g/mol. The first kappa shape index (κ1) is 20.9. The monoisotopic (exact) mass is 461 g/mol. The summed E-state index contributed by atoms with van der Waals surface area (Å²) in [5.41, 5.74) is -0.328. The minimum Gasteiger partial charge on any atom is -0.422 e. The number of hydrogen-bond acceptors (Lipinski definition) is 6. The molecule has 1 aromatic carbocycles. The van der Waals surface area contributed by atoms with Crippen molar-refractivity contribution in [3.63, 3.8) is 0 Å². The topological polar surface area (TPSA) is 89.3 Å². The number of fused-ring (bicyclic) bond motifs is 3. The number of aliphatic hydroxyl groups is 1. The third-order valence-corrected chi connectivity index (χ3v) is 5.08. The van der Waals surface area contributed by atoms with Crippen LogP contribution in [-0.2, 0) is 12.5 Å². The molecule has 0 aliphatic rings. The van der Waals surface area contributed by atoms with Crippen LogP contribution >= 0.6 is 0 Å². The summed E-state index contributed by atoms with van der Waals surface area (Å²) in [6.07, 6.45) is -3.42. The summed E-state index contributed by atoms with van der Waals surface area (Å²) in [7, 11) is 0. The van der Waals surface area contributed by atoms with Gasteiger partial charge in [-0.05, 0) is 41.0 Å². The van der Waals surface area contributed by atoms with Gasteiger partial charge in [0.15, 0.2) is 0 Å². The normalized spacial score (nSPS) is 12.7. The average Bonchev–Trinajstić information content (AvgIpc) is 3.47. The fraction of sp³-hybridized carbons (Fsp3) is 0.143. The van der Waals surface area contributed by atoms with E-state index in [0.29, 0.717) is 22.6 Å². The van der Waals surface area contributed by atoms with Crippen molar-refractivity contribution < 1.29 is 31.5 Å². The quantitative estimate of drug-likeness (QED) is 0.389. The van der Waals surface area contributed by atoms with Crippen molar-refractivity contribution >= 4 is 16.7 Å². The molecule has 0 bridgehead atoms. The summed E-state index contributed by atoms with van der Waals surface area (Å²) in [4.78, 5) is 7.96. The molecule has 4 heterocycles. The lowest BCUT2D eigenvalue weighted by molar-refractivity contribution is -0.290. The van der Waals surface area contributed by atoms with E-state index in [2.05, 4.69) is 20.2 Å². The molecule has 0 fully saturated rings. The highest BCUT2D eigenvalue weighted by atomic mass is 19.4. The second-order valence-electron chi connectivity index (χ2n) is 7.15. The summed E-state index contributed by atoms with van der Waals surface area (Å²) < 4.78 is 74.7. The van der Waals surface area contributed by atoms with E-state index in [9.17, 15) is 27.1 Å². The van der Waals surface area contributed by atoms with Gasteiger partial charge in [-0.1, -0.05) is 18.2 Å². The van der Waals surface area contributed by atoms with Gasteiger partial charge in [-0.25, -0.2) is 9.97 Å². The minimum atomic E-state index is -5.85. The molecular formula is C21H12F5N5O2. The molecule has 5 rings (SSSR count).